The van der Waals surface area contributed by atoms with E-state index < -0.39 is 17.3 Å². The highest BCUT2D eigenvalue weighted by molar-refractivity contribution is 5.85. The number of rotatable bonds is 3. The Morgan fingerprint density at radius 1 is 1.31 bits per heavy atom. The summed E-state index contributed by atoms with van der Waals surface area (Å²) in [5, 5.41) is 11.7. The molecule has 2 fully saturated rings. The van der Waals surface area contributed by atoms with E-state index in [1.54, 1.807) is 6.92 Å². The Labute approximate surface area is 170 Å². The molecule has 1 N–H and O–H groups in total. The molecule has 1 aromatic carbocycles. The van der Waals surface area contributed by atoms with E-state index in [2.05, 4.69) is 0 Å². The second-order valence-corrected chi connectivity index (χ2v) is 8.65. The second kappa shape index (κ2) is 7.48. The summed E-state index contributed by atoms with van der Waals surface area (Å²) in [6, 6.07) is 5.15. The molecule has 156 valence electrons. The van der Waals surface area contributed by atoms with Crippen LogP contribution in [0.1, 0.15) is 50.2 Å². The molecular formula is C23H29NO5. The van der Waals surface area contributed by atoms with E-state index in [9.17, 15) is 14.7 Å². The van der Waals surface area contributed by atoms with Crippen molar-refractivity contribution in [3.8, 4) is 5.75 Å². The fourth-order valence-corrected chi connectivity index (χ4v) is 4.90. The normalized spacial score (nSPS) is 25.5. The van der Waals surface area contributed by atoms with Gasteiger partial charge in [-0.3, -0.25) is 4.79 Å². The van der Waals surface area contributed by atoms with Gasteiger partial charge in [0.15, 0.2) is 6.10 Å². The highest BCUT2D eigenvalue weighted by atomic mass is 16.5. The Kier molecular flexibility index (Phi) is 5.15. The number of ether oxygens (including phenoxy) is 1. The smallest absolute Gasteiger partial charge is 0.336 e. The van der Waals surface area contributed by atoms with Crippen LogP contribution in [0.3, 0.4) is 0 Å². The summed E-state index contributed by atoms with van der Waals surface area (Å²) in [6.45, 7) is 6.60. The molecule has 1 aliphatic carbocycles. The zero-order valence-corrected chi connectivity index (χ0v) is 17.4. The maximum absolute atomic E-state index is 13.0. The van der Waals surface area contributed by atoms with Crippen LogP contribution in [0.2, 0.25) is 0 Å². The number of amides is 1. The highest BCUT2D eigenvalue weighted by Crippen LogP contribution is 2.40. The van der Waals surface area contributed by atoms with Crippen molar-refractivity contribution in [2.24, 2.45) is 5.92 Å². The summed E-state index contributed by atoms with van der Waals surface area (Å²) in [6.07, 6.45) is 3.97. The van der Waals surface area contributed by atoms with Crippen molar-refractivity contribution in [3.63, 3.8) is 0 Å². The Balaban J connectivity index is 1.51. The van der Waals surface area contributed by atoms with Gasteiger partial charge in [-0.15, -0.1) is 0 Å². The molecule has 1 amide bonds. The van der Waals surface area contributed by atoms with Crippen molar-refractivity contribution in [2.45, 2.75) is 64.6 Å². The number of hydrogen-bond acceptors (Lipinski definition) is 5. The van der Waals surface area contributed by atoms with Crippen molar-refractivity contribution in [1.29, 1.82) is 0 Å². The van der Waals surface area contributed by atoms with Crippen LogP contribution < -0.4 is 10.4 Å². The summed E-state index contributed by atoms with van der Waals surface area (Å²) in [4.78, 5) is 26.6. The molecular weight excluding hydrogens is 370 g/mol. The number of carbonyl (C=O) groups excluding carboxylic acids is 1. The van der Waals surface area contributed by atoms with Crippen LogP contribution in [-0.2, 0) is 4.79 Å². The minimum absolute atomic E-state index is 0.0668. The summed E-state index contributed by atoms with van der Waals surface area (Å²) in [5.74, 6) is 0.627. The molecule has 0 spiro atoms. The summed E-state index contributed by atoms with van der Waals surface area (Å²) in [5.41, 5.74) is 1.06. The van der Waals surface area contributed by atoms with Gasteiger partial charge in [-0.25, -0.2) is 4.79 Å². The van der Waals surface area contributed by atoms with Gasteiger partial charge in [-0.2, -0.15) is 0 Å². The molecule has 6 nitrogen and oxygen atoms in total. The van der Waals surface area contributed by atoms with Crippen LogP contribution in [-0.4, -0.2) is 40.7 Å². The van der Waals surface area contributed by atoms with Gasteiger partial charge in [-0.05, 0) is 57.7 Å². The van der Waals surface area contributed by atoms with E-state index in [-0.39, 0.29) is 11.8 Å². The molecule has 3 atom stereocenters. The first-order chi connectivity index (χ1) is 13.8. The monoisotopic (exact) mass is 399 g/mol. The van der Waals surface area contributed by atoms with Gasteiger partial charge >= 0.3 is 5.63 Å². The lowest BCUT2D eigenvalue weighted by atomic mass is 9.71. The first kappa shape index (κ1) is 20.0. The van der Waals surface area contributed by atoms with Crippen molar-refractivity contribution in [3.05, 3.63) is 39.7 Å². The Hall–Kier alpha value is -2.34. The molecule has 1 saturated carbocycles. The number of likely N-dealkylation sites (tertiary alicyclic amines) is 1. The van der Waals surface area contributed by atoms with E-state index >= 15 is 0 Å². The van der Waals surface area contributed by atoms with Crippen LogP contribution in [0, 0.1) is 19.8 Å². The number of nitrogens with zero attached hydrogens (tertiary/aromatic N) is 1. The number of carbonyl (C=O) groups is 1. The van der Waals surface area contributed by atoms with Gasteiger partial charge in [0, 0.05) is 36.0 Å². The van der Waals surface area contributed by atoms with Gasteiger partial charge in [-0.1, -0.05) is 12.8 Å². The molecule has 2 aromatic rings. The number of aliphatic hydroxyl groups is 1. The molecule has 29 heavy (non-hydrogen) atoms. The predicted octanol–water partition coefficient (Wildman–Crippen LogP) is 3.33. The largest absolute Gasteiger partial charge is 0.480 e. The number of aryl methyl sites for hydroxylation is 2. The van der Waals surface area contributed by atoms with Crippen molar-refractivity contribution < 1.29 is 19.1 Å². The quantitative estimate of drug-likeness (QED) is 0.801. The van der Waals surface area contributed by atoms with E-state index in [0.29, 0.717) is 36.4 Å². The topological polar surface area (TPSA) is 80.0 Å². The molecule has 1 aliphatic heterocycles. The summed E-state index contributed by atoms with van der Waals surface area (Å²) < 4.78 is 11.4. The maximum Gasteiger partial charge on any atom is 0.336 e. The number of hydrogen-bond donors (Lipinski definition) is 1. The average molecular weight is 399 g/mol. The third kappa shape index (κ3) is 3.66. The minimum Gasteiger partial charge on any atom is -0.480 e. The molecule has 2 heterocycles. The molecule has 6 heteroatoms. The fraction of sp³-hybridized carbons (Fsp3) is 0.565. The standard InChI is InChI=1S/C23H29NO5/c1-14-12-20(25)29-21-15(2)19(8-7-18(14)21)28-16(3)22(26)24-11-10-23(27)9-5-4-6-17(23)13-24/h7-8,12,16-17,27H,4-6,9-11,13H2,1-3H3/t16-,17+,23+/m1/s1. The number of benzene rings is 1. The third-order valence-electron chi connectivity index (χ3n) is 6.71. The molecule has 2 aliphatic rings. The second-order valence-electron chi connectivity index (χ2n) is 8.65. The van der Waals surface area contributed by atoms with Gasteiger partial charge in [0.2, 0.25) is 0 Å². The average Bonchev–Trinajstić information content (AvgIpc) is 2.69. The van der Waals surface area contributed by atoms with Crippen LogP contribution in [0.25, 0.3) is 11.0 Å². The van der Waals surface area contributed by atoms with E-state index in [4.69, 9.17) is 9.15 Å². The van der Waals surface area contributed by atoms with Crippen LogP contribution in [0.5, 0.6) is 5.75 Å². The van der Waals surface area contributed by atoms with Crippen molar-refractivity contribution in [1.82, 2.24) is 4.90 Å². The van der Waals surface area contributed by atoms with E-state index in [0.717, 1.165) is 36.6 Å². The lowest BCUT2D eigenvalue weighted by molar-refractivity contribution is -0.149. The van der Waals surface area contributed by atoms with Crippen LogP contribution >= 0.6 is 0 Å². The SMILES string of the molecule is Cc1cc(=O)oc2c(C)c(O[C@H](C)C(=O)N3CC[C@@]4(O)CCCC[C@H]4C3)ccc12. The third-order valence-corrected chi connectivity index (χ3v) is 6.71. The molecule has 0 unspecified atom stereocenters. The van der Waals surface area contributed by atoms with Crippen LogP contribution in [0.15, 0.2) is 27.4 Å². The highest BCUT2D eigenvalue weighted by Gasteiger charge is 2.44. The first-order valence-corrected chi connectivity index (χ1v) is 10.5. The molecule has 0 bridgehead atoms. The van der Waals surface area contributed by atoms with Gasteiger partial charge in [0.05, 0.1) is 5.60 Å². The van der Waals surface area contributed by atoms with Crippen LogP contribution in [0.4, 0.5) is 0 Å². The van der Waals surface area contributed by atoms with Crippen molar-refractivity contribution >= 4 is 16.9 Å². The zero-order chi connectivity index (χ0) is 20.8. The minimum atomic E-state index is -0.655. The number of piperidine rings is 1. The maximum atomic E-state index is 13.0. The van der Waals surface area contributed by atoms with Gasteiger partial charge in [0.25, 0.3) is 5.91 Å². The Morgan fingerprint density at radius 2 is 2.10 bits per heavy atom. The lowest BCUT2D eigenvalue weighted by Crippen LogP contribution is -2.56. The number of fused-ring (bicyclic) bond motifs is 2. The molecule has 0 radical (unpaired) electrons. The zero-order valence-electron chi connectivity index (χ0n) is 17.4. The summed E-state index contributed by atoms with van der Waals surface area (Å²) >= 11 is 0. The van der Waals surface area contributed by atoms with E-state index in [1.807, 2.05) is 30.9 Å². The lowest BCUT2D eigenvalue weighted by Gasteiger charge is -2.47. The molecule has 1 saturated heterocycles. The summed E-state index contributed by atoms with van der Waals surface area (Å²) in [7, 11) is 0. The van der Waals surface area contributed by atoms with Gasteiger partial charge in [0.1, 0.15) is 11.3 Å². The van der Waals surface area contributed by atoms with Gasteiger partial charge < -0.3 is 19.2 Å². The fourth-order valence-electron chi connectivity index (χ4n) is 4.90. The van der Waals surface area contributed by atoms with Crippen molar-refractivity contribution in [2.75, 3.05) is 13.1 Å². The molecule has 4 rings (SSSR count). The molecule has 1 aromatic heterocycles. The van der Waals surface area contributed by atoms with E-state index in [1.165, 1.54) is 6.07 Å². The Morgan fingerprint density at radius 3 is 2.90 bits per heavy atom. The first-order valence-electron chi connectivity index (χ1n) is 10.5. The Bertz CT molecular complexity index is 997. The predicted molar refractivity (Wildman–Crippen MR) is 110 cm³/mol.